The molecule has 0 spiro atoms. The van der Waals surface area contributed by atoms with Crippen molar-refractivity contribution >= 4 is 10.9 Å². The lowest BCUT2D eigenvalue weighted by Gasteiger charge is -2.11. The quantitative estimate of drug-likeness (QED) is 0.736. The number of rotatable bonds is 5. The number of aromatic nitrogens is 2. The molecular weight excluding hydrogens is 220 g/mol. The molecule has 5 nitrogen and oxygen atoms in total. The third-order valence-electron chi connectivity index (χ3n) is 2.34. The molecule has 1 aromatic carbocycles. The lowest BCUT2D eigenvalue weighted by Crippen LogP contribution is -2.05. The molecule has 2 aromatic rings. The maximum Gasteiger partial charge on any atom is 0.162 e. The zero-order valence-electron chi connectivity index (χ0n) is 9.84. The van der Waals surface area contributed by atoms with Crippen LogP contribution < -0.4 is 9.47 Å². The smallest absolute Gasteiger partial charge is 0.162 e. The molecule has 0 radical (unpaired) electrons. The predicted molar refractivity (Wildman–Crippen MR) is 63.5 cm³/mol. The predicted octanol–water partition coefficient (Wildman–Crippen LogP) is 1.66. The summed E-state index contributed by atoms with van der Waals surface area (Å²) < 4.78 is 15.8. The Morgan fingerprint density at radius 1 is 1.12 bits per heavy atom. The molecule has 1 heterocycles. The lowest BCUT2D eigenvalue weighted by atomic mass is 10.2. The van der Waals surface area contributed by atoms with Gasteiger partial charge in [0.2, 0.25) is 0 Å². The molecule has 0 unspecified atom stereocenters. The Hall–Kier alpha value is -1.88. The van der Waals surface area contributed by atoms with E-state index < -0.39 is 0 Å². The summed E-state index contributed by atoms with van der Waals surface area (Å²) in [5.74, 6) is 1.33. The molecule has 0 saturated heterocycles. The summed E-state index contributed by atoms with van der Waals surface area (Å²) in [7, 11) is 3.24. The second-order valence-electron chi connectivity index (χ2n) is 3.43. The molecule has 5 heteroatoms. The van der Waals surface area contributed by atoms with Crippen LogP contribution in [0, 0.1) is 0 Å². The van der Waals surface area contributed by atoms with Crippen LogP contribution in [0.4, 0.5) is 0 Å². The highest BCUT2D eigenvalue weighted by molar-refractivity contribution is 5.81. The van der Waals surface area contributed by atoms with E-state index in [1.165, 1.54) is 6.33 Å². The first kappa shape index (κ1) is 11.6. The van der Waals surface area contributed by atoms with E-state index in [1.54, 1.807) is 20.4 Å². The monoisotopic (exact) mass is 234 g/mol. The van der Waals surface area contributed by atoms with Crippen LogP contribution in [0.1, 0.15) is 0 Å². The molecule has 90 valence electrons. The van der Waals surface area contributed by atoms with E-state index in [4.69, 9.17) is 14.2 Å². The maximum atomic E-state index is 5.57. The largest absolute Gasteiger partial charge is 0.493 e. The van der Waals surface area contributed by atoms with E-state index in [9.17, 15) is 0 Å². The standard InChI is InChI=1S/C12H14N2O3/c1-15-3-4-17-12-5-9-7-13-8-14-10(9)6-11(12)16-2/h5-8H,3-4H2,1-2H3. The van der Waals surface area contributed by atoms with Crippen LogP contribution in [0.5, 0.6) is 11.5 Å². The molecule has 0 saturated carbocycles. The number of hydrogen-bond acceptors (Lipinski definition) is 5. The fourth-order valence-electron chi connectivity index (χ4n) is 1.50. The van der Waals surface area contributed by atoms with Crippen molar-refractivity contribution in [2.24, 2.45) is 0 Å². The van der Waals surface area contributed by atoms with Gasteiger partial charge in [0.25, 0.3) is 0 Å². The number of fused-ring (bicyclic) bond motifs is 1. The first-order valence-electron chi connectivity index (χ1n) is 5.24. The molecule has 17 heavy (non-hydrogen) atoms. The van der Waals surface area contributed by atoms with Gasteiger partial charge in [0, 0.05) is 24.8 Å². The van der Waals surface area contributed by atoms with Crippen LogP contribution in [-0.2, 0) is 4.74 Å². The fraction of sp³-hybridized carbons (Fsp3) is 0.333. The van der Waals surface area contributed by atoms with Crippen LogP contribution in [0.2, 0.25) is 0 Å². The Morgan fingerprint density at radius 3 is 2.76 bits per heavy atom. The van der Waals surface area contributed by atoms with Crippen LogP contribution >= 0.6 is 0 Å². The second-order valence-corrected chi connectivity index (χ2v) is 3.43. The van der Waals surface area contributed by atoms with Crippen molar-refractivity contribution in [2.75, 3.05) is 27.4 Å². The Morgan fingerprint density at radius 2 is 2.00 bits per heavy atom. The van der Waals surface area contributed by atoms with Crippen molar-refractivity contribution in [2.45, 2.75) is 0 Å². The molecule has 0 aliphatic heterocycles. The van der Waals surface area contributed by atoms with Gasteiger partial charge >= 0.3 is 0 Å². The van der Waals surface area contributed by atoms with Gasteiger partial charge in [-0.25, -0.2) is 9.97 Å². The van der Waals surface area contributed by atoms with Gasteiger partial charge in [0.1, 0.15) is 12.9 Å². The molecular formula is C12H14N2O3. The molecule has 0 N–H and O–H groups in total. The summed E-state index contributed by atoms with van der Waals surface area (Å²) in [6, 6.07) is 3.70. The number of benzene rings is 1. The SMILES string of the molecule is COCCOc1cc2cncnc2cc1OC. The minimum Gasteiger partial charge on any atom is -0.493 e. The van der Waals surface area contributed by atoms with Crippen molar-refractivity contribution in [3.8, 4) is 11.5 Å². The minimum atomic E-state index is 0.478. The summed E-state index contributed by atoms with van der Waals surface area (Å²) in [6.07, 6.45) is 3.25. The second kappa shape index (κ2) is 5.45. The van der Waals surface area contributed by atoms with Gasteiger partial charge < -0.3 is 14.2 Å². The van der Waals surface area contributed by atoms with Gasteiger partial charge in [-0.15, -0.1) is 0 Å². The normalized spacial score (nSPS) is 10.5. The lowest BCUT2D eigenvalue weighted by molar-refractivity contribution is 0.144. The van der Waals surface area contributed by atoms with Crippen LogP contribution in [0.3, 0.4) is 0 Å². The van der Waals surface area contributed by atoms with E-state index in [0.29, 0.717) is 24.7 Å². The van der Waals surface area contributed by atoms with Crippen LogP contribution in [0.25, 0.3) is 10.9 Å². The average molecular weight is 234 g/mol. The van der Waals surface area contributed by atoms with Gasteiger partial charge in [-0.05, 0) is 6.07 Å². The highest BCUT2D eigenvalue weighted by Gasteiger charge is 2.07. The molecule has 2 rings (SSSR count). The van der Waals surface area contributed by atoms with E-state index in [1.807, 2.05) is 12.1 Å². The molecule has 0 aliphatic rings. The Kier molecular flexibility index (Phi) is 3.72. The average Bonchev–Trinajstić information content (AvgIpc) is 2.38. The van der Waals surface area contributed by atoms with Gasteiger partial charge in [0.15, 0.2) is 11.5 Å². The maximum absolute atomic E-state index is 5.57. The molecule has 0 aliphatic carbocycles. The Labute approximate surface area is 99.4 Å². The Bertz CT molecular complexity index is 502. The van der Waals surface area contributed by atoms with Crippen molar-refractivity contribution in [3.63, 3.8) is 0 Å². The summed E-state index contributed by atoms with van der Waals surface area (Å²) in [5, 5.41) is 0.917. The molecule has 0 atom stereocenters. The molecule has 1 aromatic heterocycles. The van der Waals surface area contributed by atoms with Crippen molar-refractivity contribution in [1.82, 2.24) is 9.97 Å². The zero-order valence-corrected chi connectivity index (χ0v) is 9.84. The van der Waals surface area contributed by atoms with Crippen LogP contribution in [-0.4, -0.2) is 37.4 Å². The number of ether oxygens (including phenoxy) is 3. The number of hydrogen-bond donors (Lipinski definition) is 0. The number of methoxy groups -OCH3 is 2. The van der Waals surface area contributed by atoms with E-state index in [-0.39, 0.29) is 0 Å². The summed E-state index contributed by atoms with van der Waals surface area (Å²) >= 11 is 0. The molecule has 0 fully saturated rings. The zero-order chi connectivity index (χ0) is 12.1. The number of nitrogens with zero attached hydrogens (tertiary/aromatic N) is 2. The highest BCUT2D eigenvalue weighted by Crippen LogP contribution is 2.30. The first-order chi connectivity index (χ1) is 8.35. The summed E-state index contributed by atoms with van der Waals surface area (Å²) in [4.78, 5) is 8.13. The molecule has 0 amide bonds. The van der Waals surface area contributed by atoms with E-state index in [2.05, 4.69) is 9.97 Å². The van der Waals surface area contributed by atoms with Crippen molar-refractivity contribution < 1.29 is 14.2 Å². The third-order valence-corrected chi connectivity index (χ3v) is 2.34. The van der Waals surface area contributed by atoms with E-state index in [0.717, 1.165) is 10.9 Å². The van der Waals surface area contributed by atoms with Gasteiger partial charge in [-0.1, -0.05) is 0 Å². The fourth-order valence-corrected chi connectivity index (χ4v) is 1.50. The van der Waals surface area contributed by atoms with Crippen LogP contribution in [0.15, 0.2) is 24.7 Å². The summed E-state index contributed by atoms with van der Waals surface area (Å²) in [5.41, 5.74) is 0.830. The van der Waals surface area contributed by atoms with Gasteiger partial charge in [-0.2, -0.15) is 0 Å². The van der Waals surface area contributed by atoms with Crippen molar-refractivity contribution in [3.05, 3.63) is 24.7 Å². The van der Waals surface area contributed by atoms with Gasteiger partial charge in [0.05, 0.1) is 19.2 Å². The molecule has 0 bridgehead atoms. The third kappa shape index (κ3) is 2.62. The van der Waals surface area contributed by atoms with Crippen molar-refractivity contribution in [1.29, 1.82) is 0 Å². The van der Waals surface area contributed by atoms with Gasteiger partial charge in [-0.3, -0.25) is 0 Å². The van der Waals surface area contributed by atoms with E-state index >= 15 is 0 Å². The first-order valence-corrected chi connectivity index (χ1v) is 5.24. The highest BCUT2D eigenvalue weighted by atomic mass is 16.5. The topological polar surface area (TPSA) is 53.5 Å². The summed E-state index contributed by atoms with van der Waals surface area (Å²) in [6.45, 7) is 1.01. The Balaban J connectivity index is 2.32. The minimum absolute atomic E-state index is 0.478.